The molecule has 1 fully saturated rings. The van der Waals surface area contributed by atoms with E-state index in [9.17, 15) is 0 Å². The van der Waals surface area contributed by atoms with Gasteiger partial charge in [0, 0.05) is 31.4 Å². The molecule has 0 amide bonds. The number of hydrogen-bond acceptors (Lipinski definition) is 5. The number of pyridine rings is 1. The highest BCUT2D eigenvalue weighted by Gasteiger charge is 2.20. The molecule has 2 aromatic heterocycles. The smallest absolute Gasteiger partial charge is 0.342 e. The fourth-order valence-corrected chi connectivity index (χ4v) is 2.04. The van der Waals surface area contributed by atoms with Crippen molar-refractivity contribution < 1.29 is 4.74 Å². The Labute approximate surface area is 124 Å². The van der Waals surface area contributed by atoms with E-state index in [2.05, 4.69) is 40.3 Å². The molecule has 0 atom stereocenters. The van der Waals surface area contributed by atoms with Crippen LogP contribution in [0.2, 0.25) is 0 Å². The van der Waals surface area contributed by atoms with E-state index in [4.69, 9.17) is 4.74 Å². The van der Waals surface area contributed by atoms with Gasteiger partial charge in [-0.05, 0) is 30.4 Å². The van der Waals surface area contributed by atoms with Crippen molar-refractivity contribution in [3.8, 4) is 11.9 Å². The van der Waals surface area contributed by atoms with Crippen molar-refractivity contribution in [3.05, 3.63) is 29.7 Å². The molecule has 0 unspecified atom stereocenters. The summed E-state index contributed by atoms with van der Waals surface area (Å²) in [6.45, 7) is 5.10. The zero-order chi connectivity index (χ0) is 14.8. The summed E-state index contributed by atoms with van der Waals surface area (Å²) in [4.78, 5) is 8.61. The normalized spacial score (nSPS) is 14.7. The van der Waals surface area contributed by atoms with Crippen LogP contribution >= 0.6 is 0 Å². The van der Waals surface area contributed by atoms with Gasteiger partial charge in [-0.25, -0.2) is 4.98 Å². The number of aryl methyl sites for hydroxylation is 1. The number of rotatable bonds is 6. The van der Waals surface area contributed by atoms with Gasteiger partial charge in [0.25, 0.3) is 0 Å². The van der Waals surface area contributed by atoms with Gasteiger partial charge in [-0.3, -0.25) is 4.68 Å². The zero-order valence-electron chi connectivity index (χ0n) is 12.7. The van der Waals surface area contributed by atoms with Crippen molar-refractivity contribution in [1.82, 2.24) is 25.1 Å². The van der Waals surface area contributed by atoms with Crippen molar-refractivity contribution in [1.29, 1.82) is 0 Å². The predicted molar refractivity (Wildman–Crippen MR) is 79.3 cm³/mol. The highest BCUT2D eigenvalue weighted by atomic mass is 16.5. The molecule has 0 spiro atoms. The Kier molecular flexibility index (Phi) is 3.88. The van der Waals surface area contributed by atoms with Gasteiger partial charge in [0.05, 0.1) is 0 Å². The second-order valence-corrected chi connectivity index (χ2v) is 5.85. The van der Waals surface area contributed by atoms with E-state index >= 15 is 0 Å². The molecule has 1 N–H and O–H groups in total. The van der Waals surface area contributed by atoms with Crippen molar-refractivity contribution >= 4 is 0 Å². The SMILES string of the molecule is CC(C)c1cc(CNC2CC2)cc(Oc2ncn(C)n2)n1. The highest BCUT2D eigenvalue weighted by Crippen LogP contribution is 2.23. The zero-order valence-corrected chi connectivity index (χ0v) is 12.7. The molecule has 6 heteroatoms. The third-order valence-corrected chi connectivity index (χ3v) is 3.42. The summed E-state index contributed by atoms with van der Waals surface area (Å²) in [5.74, 6) is 0.907. The van der Waals surface area contributed by atoms with Gasteiger partial charge in [-0.1, -0.05) is 13.8 Å². The molecular weight excluding hydrogens is 266 g/mol. The summed E-state index contributed by atoms with van der Waals surface area (Å²) in [6.07, 6.45) is 4.17. The van der Waals surface area contributed by atoms with Crippen LogP contribution < -0.4 is 10.1 Å². The van der Waals surface area contributed by atoms with Crippen molar-refractivity contribution in [3.63, 3.8) is 0 Å². The van der Waals surface area contributed by atoms with Crippen LogP contribution in [0, 0.1) is 0 Å². The van der Waals surface area contributed by atoms with Gasteiger partial charge in [0.15, 0.2) is 0 Å². The van der Waals surface area contributed by atoms with Crippen molar-refractivity contribution in [2.24, 2.45) is 7.05 Å². The lowest BCUT2D eigenvalue weighted by Gasteiger charge is -2.11. The molecule has 6 nitrogen and oxygen atoms in total. The molecule has 1 aliphatic rings. The Morgan fingerprint density at radius 2 is 2.19 bits per heavy atom. The molecule has 21 heavy (non-hydrogen) atoms. The van der Waals surface area contributed by atoms with E-state index < -0.39 is 0 Å². The first-order valence-corrected chi connectivity index (χ1v) is 7.38. The molecule has 2 aromatic rings. The summed E-state index contributed by atoms with van der Waals surface area (Å²) in [6, 6.07) is 5.10. The molecule has 0 aromatic carbocycles. The van der Waals surface area contributed by atoms with Gasteiger partial charge in [0.1, 0.15) is 6.33 Å². The first-order chi connectivity index (χ1) is 10.1. The molecule has 2 heterocycles. The lowest BCUT2D eigenvalue weighted by Crippen LogP contribution is -2.15. The number of ether oxygens (including phenoxy) is 1. The van der Waals surface area contributed by atoms with Gasteiger partial charge >= 0.3 is 6.01 Å². The fourth-order valence-electron chi connectivity index (χ4n) is 2.04. The Morgan fingerprint density at radius 1 is 1.38 bits per heavy atom. The van der Waals surface area contributed by atoms with E-state index in [1.54, 1.807) is 11.0 Å². The van der Waals surface area contributed by atoms with Crippen LogP contribution in [-0.4, -0.2) is 25.8 Å². The van der Waals surface area contributed by atoms with Gasteiger partial charge in [-0.15, -0.1) is 5.10 Å². The first kappa shape index (κ1) is 14.0. The second-order valence-electron chi connectivity index (χ2n) is 5.85. The molecule has 3 rings (SSSR count). The van der Waals surface area contributed by atoms with Crippen LogP contribution in [-0.2, 0) is 13.6 Å². The van der Waals surface area contributed by atoms with E-state index in [0.29, 0.717) is 23.9 Å². The lowest BCUT2D eigenvalue weighted by molar-refractivity contribution is 0.419. The fraction of sp³-hybridized carbons (Fsp3) is 0.533. The average Bonchev–Trinajstić information content (AvgIpc) is 3.19. The van der Waals surface area contributed by atoms with Crippen LogP contribution in [0.5, 0.6) is 11.9 Å². The Morgan fingerprint density at radius 3 is 2.81 bits per heavy atom. The maximum atomic E-state index is 5.67. The predicted octanol–water partition coefficient (Wildman–Crippen LogP) is 2.38. The lowest BCUT2D eigenvalue weighted by atomic mass is 10.1. The van der Waals surface area contributed by atoms with Crippen LogP contribution in [0.3, 0.4) is 0 Å². The summed E-state index contributed by atoms with van der Waals surface area (Å²) in [5, 5.41) is 7.64. The molecule has 1 aliphatic carbocycles. The molecule has 0 saturated heterocycles. The number of hydrogen-bond donors (Lipinski definition) is 1. The maximum Gasteiger partial charge on any atom is 0.342 e. The van der Waals surface area contributed by atoms with Gasteiger partial charge < -0.3 is 10.1 Å². The van der Waals surface area contributed by atoms with E-state index in [1.807, 2.05) is 13.1 Å². The Balaban J connectivity index is 1.79. The minimum Gasteiger partial charge on any atom is -0.404 e. The Hall–Kier alpha value is -1.95. The molecule has 0 aliphatic heterocycles. The molecule has 112 valence electrons. The quantitative estimate of drug-likeness (QED) is 0.883. The monoisotopic (exact) mass is 287 g/mol. The van der Waals surface area contributed by atoms with Gasteiger partial charge in [0.2, 0.25) is 5.88 Å². The third-order valence-electron chi connectivity index (χ3n) is 3.42. The summed E-state index contributed by atoms with van der Waals surface area (Å²) >= 11 is 0. The molecule has 0 bridgehead atoms. The first-order valence-electron chi connectivity index (χ1n) is 7.38. The number of nitrogens with zero attached hydrogens (tertiary/aromatic N) is 4. The van der Waals surface area contributed by atoms with Crippen LogP contribution in [0.25, 0.3) is 0 Å². The van der Waals surface area contributed by atoms with E-state index in [-0.39, 0.29) is 0 Å². The second kappa shape index (κ2) is 5.81. The van der Waals surface area contributed by atoms with E-state index in [0.717, 1.165) is 12.2 Å². The highest BCUT2D eigenvalue weighted by molar-refractivity contribution is 5.28. The van der Waals surface area contributed by atoms with Gasteiger partial charge in [-0.2, -0.15) is 4.98 Å². The summed E-state index contributed by atoms with van der Waals surface area (Å²) < 4.78 is 7.28. The molecule has 0 radical (unpaired) electrons. The number of aromatic nitrogens is 4. The average molecular weight is 287 g/mol. The van der Waals surface area contributed by atoms with Crippen LogP contribution in [0.1, 0.15) is 43.9 Å². The Bertz CT molecular complexity index is 618. The van der Waals surface area contributed by atoms with E-state index in [1.165, 1.54) is 18.4 Å². The van der Waals surface area contributed by atoms with Crippen LogP contribution in [0.15, 0.2) is 18.5 Å². The number of nitrogens with one attached hydrogen (secondary N) is 1. The largest absolute Gasteiger partial charge is 0.404 e. The maximum absolute atomic E-state index is 5.67. The standard InChI is InChI=1S/C15H21N5O/c1-10(2)13-6-11(8-16-12-4-5-12)7-14(18-13)21-15-17-9-20(3)19-15/h6-7,9-10,12,16H,4-5,8H2,1-3H3. The van der Waals surface area contributed by atoms with Crippen LogP contribution in [0.4, 0.5) is 0 Å². The minimum absolute atomic E-state index is 0.326. The molecular formula is C15H21N5O. The molecule has 1 saturated carbocycles. The van der Waals surface area contributed by atoms with Crippen molar-refractivity contribution in [2.75, 3.05) is 0 Å². The topological polar surface area (TPSA) is 64.9 Å². The third kappa shape index (κ3) is 3.78. The summed E-state index contributed by atoms with van der Waals surface area (Å²) in [7, 11) is 1.81. The van der Waals surface area contributed by atoms with Crippen molar-refractivity contribution in [2.45, 2.75) is 45.2 Å². The minimum atomic E-state index is 0.326. The summed E-state index contributed by atoms with van der Waals surface area (Å²) in [5.41, 5.74) is 2.21.